The molecule has 0 amide bonds. The molecule has 108 valence electrons. The second kappa shape index (κ2) is 5.72. The second-order valence-corrected chi connectivity index (χ2v) is 5.63. The SMILES string of the molecule is CCc1nc2scc(C(=O)O)c2c(=O)n1CCN(C)C. The molecule has 0 saturated carbocycles. The summed E-state index contributed by atoms with van der Waals surface area (Å²) in [6, 6.07) is 0. The Labute approximate surface area is 120 Å². The first-order valence-corrected chi connectivity index (χ1v) is 7.22. The topological polar surface area (TPSA) is 75.4 Å². The Morgan fingerprint density at radius 2 is 2.20 bits per heavy atom. The van der Waals surface area contributed by atoms with Crippen LogP contribution in [0.2, 0.25) is 0 Å². The molecule has 20 heavy (non-hydrogen) atoms. The van der Waals surface area contributed by atoms with Crippen molar-refractivity contribution < 1.29 is 9.90 Å². The highest BCUT2D eigenvalue weighted by Gasteiger charge is 2.18. The fourth-order valence-electron chi connectivity index (χ4n) is 2.02. The Hall–Kier alpha value is -1.73. The van der Waals surface area contributed by atoms with Crippen molar-refractivity contribution in [3.05, 3.63) is 27.1 Å². The molecule has 0 aliphatic rings. The van der Waals surface area contributed by atoms with Gasteiger partial charge >= 0.3 is 5.97 Å². The van der Waals surface area contributed by atoms with Gasteiger partial charge in [-0.1, -0.05) is 6.92 Å². The summed E-state index contributed by atoms with van der Waals surface area (Å²) >= 11 is 1.20. The van der Waals surface area contributed by atoms with Gasteiger partial charge in [-0.3, -0.25) is 9.36 Å². The van der Waals surface area contributed by atoms with Crippen LogP contribution in [0.3, 0.4) is 0 Å². The lowest BCUT2D eigenvalue weighted by molar-refractivity contribution is 0.0699. The Balaban J connectivity index is 2.65. The van der Waals surface area contributed by atoms with Crippen LogP contribution in [0.15, 0.2) is 10.2 Å². The number of aryl methyl sites for hydroxylation is 1. The summed E-state index contributed by atoms with van der Waals surface area (Å²) in [5.74, 6) is -0.387. The zero-order valence-electron chi connectivity index (χ0n) is 11.7. The molecule has 0 aliphatic carbocycles. The standard InChI is InChI=1S/C13H17N3O3S/c1-4-9-14-11-10(8(7-20-11)13(18)19)12(17)16(9)6-5-15(2)3/h7H,4-6H2,1-3H3,(H,18,19). The van der Waals surface area contributed by atoms with Gasteiger partial charge in [-0.05, 0) is 14.1 Å². The maximum Gasteiger partial charge on any atom is 0.337 e. The minimum Gasteiger partial charge on any atom is -0.478 e. The Morgan fingerprint density at radius 1 is 1.50 bits per heavy atom. The third-order valence-electron chi connectivity index (χ3n) is 3.09. The van der Waals surface area contributed by atoms with E-state index in [1.54, 1.807) is 4.57 Å². The zero-order chi connectivity index (χ0) is 14.9. The predicted molar refractivity (Wildman–Crippen MR) is 78.8 cm³/mol. The molecule has 2 aromatic rings. The molecule has 0 bridgehead atoms. The van der Waals surface area contributed by atoms with Gasteiger partial charge in [0.2, 0.25) is 0 Å². The van der Waals surface area contributed by atoms with Crippen molar-refractivity contribution in [2.24, 2.45) is 0 Å². The summed E-state index contributed by atoms with van der Waals surface area (Å²) in [6.45, 7) is 3.14. The quantitative estimate of drug-likeness (QED) is 0.899. The van der Waals surface area contributed by atoms with Gasteiger partial charge in [0, 0.05) is 24.9 Å². The van der Waals surface area contributed by atoms with Crippen molar-refractivity contribution in [1.82, 2.24) is 14.5 Å². The Kier molecular flexibility index (Phi) is 4.20. The van der Waals surface area contributed by atoms with Gasteiger partial charge in [0.25, 0.3) is 5.56 Å². The van der Waals surface area contributed by atoms with Crippen LogP contribution in [-0.2, 0) is 13.0 Å². The van der Waals surface area contributed by atoms with E-state index in [1.807, 2.05) is 25.9 Å². The molecular weight excluding hydrogens is 278 g/mol. The molecule has 0 unspecified atom stereocenters. The molecule has 6 nitrogen and oxygen atoms in total. The number of thiophene rings is 1. The maximum absolute atomic E-state index is 12.6. The van der Waals surface area contributed by atoms with Crippen molar-refractivity contribution in [3.63, 3.8) is 0 Å². The van der Waals surface area contributed by atoms with E-state index >= 15 is 0 Å². The van der Waals surface area contributed by atoms with Crippen LogP contribution < -0.4 is 5.56 Å². The molecule has 0 radical (unpaired) electrons. The number of carboxylic acids is 1. The summed E-state index contributed by atoms with van der Waals surface area (Å²) in [6.07, 6.45) is 0.638. The van der Waals surface area contributed by atoms with Gasteiger partial charge in [0.1, 0.15) is 10.7 Å². The molecule has 0 atom stereocenters. The van der Waals surface area contributed by atoms with Gasteiger partial charge in [-0.15, -0.1) is 11.3 Å². The molecule has 2 heterocycles. The molecule has 0 spiro atoms. The third-order valence-corrected chi connectivity index (χ3v) is 3.96. The molecule has 0 aliphatic heterocycles. The number of nitrogens with zero attached hydrogens (tertiary/aromatic N) is 3. The number of likely N-dealkylation sites (N-methyl/N-ethyl adjacent to an activating group) is 1. The van der Waals surface area contributed by atoms with Gasteiger partial charge in [-0.25, -0.2) is 9.78 Å². The second-order valence-electron chi connectivity index (χ2n) is 4.78. The molecule has 2 aromatic heterocycles. The maximum atomic E-state index is 12.6. The smallest absolute Gasteiger partial charge is 0.337 e. The summed E-state index contributed by atoms with van der Waals surface area (Å²) in [5.41, 5.74) is -0.212. The predicted octanol–water partition coefficient (Wildman–Crippen LogP) is 1.28. The monoisotopic (exact) mass is 295 g/mol. The lowest BCUT2D eigenvalue weighted by Gasteiger charge is -2.14. The van der Waals surface area contributed by atoms with Crippen LogP contribution in [0.1, 0.15) is 23.1 Å². The Morgan fingerprint density at radius 3 is 2.75 bits per heavy atom. The molecule has 0 fully saturated rings. The van der Waals surface area contributed by atoms with E-state index in [4.69, 9.17) is 5.11 Å². The summed E-state index contributed by atoms with van der Waals surface area (Å²) in [4.78, 5) is 30.7. The van der Waals surface area contributed by atoms with E-state index in [2.05, 4.69) is 4.98 Å². The van der Waals surface area contributed by atoms with Crippen LogP contribution >= 0.6 is 11.3 Å². The lowest BCUT2D eigenvalue weighted by atomic mass is 10.2. The highest BCUT2D eigenvalue weighted by atomic mass is 32.1. The van der Waals surface area contributed by atoms with E-state index in [0.29, 0.717) is 30.2 Å². The van der Waals surface area contributed by atoms with Crippen LogP contribution in [0.25, 0.3) is 10.2 Å². The highest BCUT2D eigenvalue weighted by molar-refractivity contribution is 7.17. The summed E-state index contributed by atoms with van der Waals surface area (Å²) in [5, 5.41) is 10.9. The van der Waals surface area contributed by atoms with Crippen molar-refractivity contribution in [3.8, 4) is 0 Å². The van der Waals surface area contributed by atoms with E-state index in [1.165, 1.54) is 16.7 Å². The van der Waals surface area contributed by atoms with Crippen LogP contribution in [0.4, 0.5) is 0 Å². The van der Waals surface area contributed by atoms with Crippen molar-refractivity contribution >= 4 is 27.5 Å². The van der Waals surface area contributed by atoms with Crippen LogP contribution in [-0.4, -0.2) is 46.2 Å². The van der Waals surface area contributed by atoms with Crippen molar-refractivity contribution in [2.75, 3.05) is 20.6 Å². The molecule has 0 saturated heterocycles. The average molecular weight is 295 g/mol. The fraction of sp³-hybridized carbons (Fsp3) is 0.462. The highest BCUT2D eigenvalue weighted by Crippen LogP contribution is 2.21. The average Bonchev–Trinajstić information content (AvgIpc) is 2.81. The zero-order valence-corrected chi connectivity index (χ0v) is 12.5. The largest absolute Gasteiger partial charge is 0.478 e. The number of fused-ring (bicyclic) bond motifs is 1. The van der Waals surface area contributed by atoms with E-state index in [-0.39, 0.29) is 16.5 Å². The number of hydrogen-bond acceptors (Lipinski definition) is 5. The fourth-order valence-corrected chi connectivity index (χ4v) is 2.95. The number of aromatic nitrogens is 2. The molecule has 7 heteroatoms. The van der Waals surface area contributed by atoms with Gasteiger partial charge in [0.05, 0.1) is 10.9 Å². The first kappa shape index (κ1) is 14.7. The van der Waals surface area contributed by atoms with Crippen molar-refractivity contribution in [1.29, 1.82) is 0 Å². The van der Waals surface area contributed by atoms with E-state index in [9.17, 15) is 9.59 Å². The number of carboxylic acid groups (broad SMARTS) is 1. The minimum absolute atomic E-state index is 0.0451. The third kappa shape index (κ3) is 2.59. The molecule has 0 aromatic carbocycles. The first-order chi connectivity index (χ1) is 9.45. The normalized spacial score (nSPS) is 11.4. The van der Waals surface area contributed by atoms with E-state index in [0.717, 1.165) is 0 Å². The van der Waals surface area contributed by atoms with Crippen molar-refractivity contribution in [2.45, 2.75) is 19.9 Å². The van der Waals surface area contributed by atoms with Crippen LogP contribution in [0.5, 0.6) is 0 Å². The van der Waals surface area contributed by atoms with E-state index < -0.39 is 5.97 Å². The van der Waals surface area contributed by atoms with Gasteiger partial charge in [0.15, 0.2) is 0 Å². The first-order valence-electron chi connectivity index (χ1n) is 6.34. The number of hydrogen-bond donors (Lipinski definition) is 1. The minimum atomic E-state index is -1.08. The molecular formula is C13H17N3O3S. The Bertz CT molecular complexity index is 703. The number of aromatic carboxylic acids is 1. The van der Waals surface area contributed by atoms with Gasteiger partial charge in [-0.2, -0.15) is 0 Å². The molecule has 1 N–H and O–H groups in total. The number of rotatable bonds is 5. The van der Waals surface area contributed by atoms with Gasteiger partial charge < -0.3 is 10.0 Å². The lowest BCUT2D eigenvalue weighted by Crippen LogP contribution is -2.30. The molecule has 2 rings (SSSR count). The number of carbonyl (C=O) groups is 1. The summed E-state index contributed by atoms with van der Waals surface area (Å²) < 4.78 is 1.58. The van der Waals surface area contributed by atoms with Crippen LogP contribution in [0, 0.1) is 0 Å². The summed E-state index contributed by atoms with van der Waals surface area (Å²) in [7, 11) is 3.85.